The first-order chi connectivity index (χ1) is 13.0. The fourth-order valence-electron chi connectivity index (χ4n) is 2.82. The van der Waals surface area contributed by atoms with E-state index in [1.54, 1.807) is 16.8 Å². The van der Waals surface area contributed by atoms with Crippen molar-refractivity contribution in [3.63, 3.8) is 0 Å². The standard InChI is InChI=1S/C18H10Cl4N4S/c1-27-18-14-15(10-4-2-3-5-11(10)20)23-8-24-17(14)26(25-18)16-12(21)6-9(19)7-13(16)22/h2-8H,1H3. The lowest BCUT2D eigenvalue weighted by atomic mass is 10.1. The summed E-state index contributed by atoms with van der Waals surface area (Å²) in [5.74, 6) is 0. The summed E-state index contributed by atoms with van der Waals surface area (Å²) in [7, 11) is 0. The Morgan fingerprint density at radius 2 is 1.63 bits per heavy atom. The van der Waals surface area contributed by atoms with E-state index < -0.39 is 0 Å². The van der Waals surface area contributed by atoms with Gasteiger partial charge in [0.15, 0.2) is 5.65 Å². The summed E-state index contributed by atoms with van der Waals surface area (Å²) >= 11 is 26.7. The molecule has 0 N–H and O–H groups in total. The van der Waals surface area contributed by atoms with E-state index in [1.807, 2.05) is 30.5 Å². The van der Waals surface area contributed by atoms with Crippen LogP contribution in [-0.2, 0) is 0 Å². The third kappa shape index (κ3) is 3.28. The zero-order valence-corrected chi connectivity index (χ0v) is 17.6. The molecule has 4 nitrogen and oxygen atoms in total. The van der Waals surface area contributed by atoms with E-state index in [9.17, 15) is 0 Å². The monoisotopic (exact) mass is 454 g/mol. The Morgan fingerprint density at radius 3 is 2.30 bits per heavy atom. The molecular formula is C18H10Cl4N4S. The lowest BCUT2D eigenvalue weighted by Gasteiger charge is -2.09. The number of fused-ring (bicyclic) bond motifs is 1. The highest BCUT2D eigenvalue weighted by Gasteiger charge is 2.22. The van der Waals surface area contributed by atoms with E-state index >= 15 is 0 Å². The Balaban J connectivity index is 2.07. The molecule has 9 heteroatoms. The van der Waals surface area contributed by atoms with Gasteiger partial charge in [-0.15, -0.1) is 11.8 Å². The normalized spacial score (nSPS) is 11.3. The molecule has 0 aliphatic heterocycles. The predicted octanol–water partition coefficient (Wildman–Crippen LogP) is 6.82. The first kappa shape index (κ1) is 18.8. The van der Waals surface area contributed by atoms with Crippen LogP contribution in [0.25, 0.3) is 28.0 Å². The number of aromatic nitrogens is 4. The third-order valence-corrected chi connectivity index (χ3v) is 5.74. The van der Waals surface area contributed by atoms with Gasteiger partial charge in [-0.2, -0.15) is 5.10 Å². The summed E-state index contributed by atoms with van der Waals surface area (Å²) in [5, 5.41) is 7.98. The van der Waals surface area contributed by atoms with Gasteiger partial charge in [-0.25, -0.2) is 14.6 Å². The van der Waals surface area contributed by atoms with E-state index in [4.69, 9.17) is 46.4 Å². The van der Waals surface area contributed by atoms with Gasteiger partial charge in [0.2, 0.25) is 0 Å². The van der Waals surface area contributed by atoms with E-state index in [-0.39, 0.29) is 0 Å². The smallest absolute Gasteiger partial charge is 0.168 e. The minimum atomic E-state index is 0.377. The molecule has 0 fully saturated rings. The van der Waals surface area contributed by atoms with Gasteiger partial charge in [-0.05, 0) is 24.5 Å². The molecule has 0 amide bonds. The molecule has 27 heavy (non-hydrogen) atoms. The second-order valence-electron chi connectivity index (χ2n) is 5.54. The summed E-state index contributed by atoms with van der Waals surface area (Å²) in [6.45, 7) is 0. The van der Waals surface area contributed by atoms with Crippen molar-refractivity contribution in [1.82, 2.24) is 19.7 Å². The molecule has 4 rings (SSSR count). The molecule has 0 bridgehead atoms. The minimum absolute atomic E-state index is 0.377. The fraction of sp³-hybridized carbons (Fsp3) is 0.0556. The lowest BCUT2D eigenvalue weighted by Crippen LogP contribution is -2.00. The van der Waals surface area contributed by atoms with Gasteiger partial charge in [0.1, 0.15) is 17.0 Å². The van der Waals surface area contributed by atoms with Crippen LogP contribution in [0.1, 0.15) is 0 Å². The highest BCUT2D eigenvalue weighted by atomic mass is 35.5. The number of benzene rings is 2. The average molecular weight is 456 g/mol. The molecule has 136 valence electrons. The summed E-state index contributed by atoms with van der Waals surface area (Å²) < 4.78 is 1.62. The molecule has 4 aromatic rings. The second kappa shape index (κ2) is 7.49. The minimum Gasteiger partial charge on any atom is -0.235 e. The van der Waals surface area contributed by atoms with Crippen molar-refractivity contribution < 1.29 is 0 Å². The summed E-state index contributed by atoms with van der Waals surface area (Å²) in [5.41, 5.74) is 2.59. The quantitative estimate of drug-likeness (QED) is 0.318. The van der Waals surface area contributed by atoms with E-state index in [0.717, 1.165) is 16.0 Å². The maximum absolute atomic E-state index is 6.40. The maximum atomic E-state index is 6.40. The Bertz CT molecular complexity index is 1150. The molecule has 0 saturated carbocycles. The van der Waals surface area contributed by atoms with E-state index in [1.165, 1.54) is 18.1 Å². The van der Waals surface area contributed by atoms with Crippen LogP contribution < -0.4 is 0 Å². The third-order valence-electron chi connectivity index (χ3n) is 3.95. The van der Waals surface area contributed by atoms with Gasteiger partial charge in [0, 0.05) is 15.6 Å². The van der Waals surface area contributed by atoms with Crippen LogP contribution in [0.3, 0.4) is 0 Å². The number of rotatable bonds is 3. The Morgan fingerprint density at radius 1 is 0.926 bits per heavy atom. The van der Waals surface area contributed by atoms with Crippen LogP contribution in [-0.4, -0.2) is 26.0 Å². The highest BCUT2D eigenvalue weighted by molar-refractivity contribution is 7.98. The van der Waals surface area contributed by atoms with Crippen molar-refractivity contribution in [2.24, 2.45) is 0 Å². The van der Waals surface area contributed by atoms with Crippen molar-refractivity contribution >= 4 is 69.2 Å². The van der Waals surface area contributed by atoms with Crippen LogP contribution in [0, 0.1) is 0 Å². The summed E-state index contributed by atoms with van der Waals surface area (Å²) in [6, 6.07) is 10.7. The lowest BCUT2D eigenvalue weighted by molar-refractivity contribution is 0.852. The number of thioether (sulfide) groups is 1. The zero-order chi connectivity index (χ0) is 19.1. The second-order valence-corrected chi connectivity index (χ2v) is 7.99. The molecular weight excluding hydrogens is 446 g/mol. The van der Waals surface area contributed by atoms with Crippen molar-refractivity contribution in [1.29, 1.82) is 0 Å². The summed E-state index contributed by atoms with van der Waals surface area (Å²) in [6.07, 6.45) is 3.40. The molecule has 2 aromatic heterocycles. The van der Waals surface area contributed by atoms with Gasteiger partial charge < -0.3 is 0 Å². The van der Waals surface area contributed by atoms with Gasteiger partial charge in [0.05, 0.1) is 21.1 Å². The molecule has 0 aliphatic rings. The zero-order valence-electron chi connectivity index (χ0n) is 13.8. The SMILES string of the molecule is CSc1nn(-c2c(Cl)cc(Cl)cc2Cl)c2ncnc(-c3ccccc3Cl)c12. The van der Waals surface area contributed by atoms with Crippen LogP contribution in [0.4, 0.5) is 0 Å². The van der Waals surface area contributed by atoms with Crippen molar-refractivity contribution in [3.8, 4) is 16.9 Å². The average Bonchev–Trinajstić information content (AvgIpc) is 3.00. The number of nitrogens with zero attached hydrogens (tertiary/aromatic N) is 4. The molecule has 0 atom stereocenters. The van der Waals surface area contributed by atoms with Gasteiger partial charge >= 0.3 is 0 Å². The van der Waals surface area contributed by atoms with Crippen molar-refractivity contribution in [3.05, 3.63) is 62.8 Å². The van der Waals surface area contributed by atoms with E-state index in [2.05, 4.69) is 15.1 Å². The molecule has 0 aliphatic carbocycles. The largest absolute Gasteiger partial charge is 0.235 e. The van der Waals surface area contributed by atoms with Gasteiger partial charge in [0.25, 0.3) is 0 Å². The Hall–Kier alpha value is -1.50. The van der Waals surface area contributed by atoms with Crippen LogP contribution in [0.5, 0.6) is 0 Å². The van der Waals surface area contributed by atoms with Gasteiger partial charge in [-0.3, -0.25) is 0 Å². The maximum Gasteiger partial charge on any atom is 0.168 e. The molecule has 2 aromatic carbocycles. The first-order valence-corrected chi connectivity index (χ1v) is 10.4. The Kier molecular flexibility index (Phi) is 5.23. The molecule has 0 radical (unpaired) electrons. The molecule has 0 saturated heterocycles. The molecule has 0 spiro atoms. The first-order valence-electron chi connectivity index (χ1n) is 7.68. The van der Waals surface area contributed by atoms with Crippen LogP contribution >= 0.6 is 58.2 Å². The summed E-state index contributed by atoms with van der Waals surface area (Å²) in [4.78, 5) is 8.89. The predicted molar refractivity (Wildman–Crippen MR) is 114 cm³/mol. The van der Waals surface area contributed by atoms with E-state index in [0.29, 0.717) is 37.1 Å². The number of hydrogen-bond donors (Lipinski definition) is 0. The van der Waals surface area contributed by atoms with Crippen molar-refractivity contribution in [2.75, 3.05) is 6.26 Å². The number of hydrogen-bond acceptors (Lipinski definition) is 4. The van der Waals surface area contributed by atoms with Crippen LogP contribution in [0.15, 0.2) is 47.8 Å². The van der Waals surface area contributed by atoms with Crippen molar-refractivity contribution in [2.45, 2.75) is 5.03 Å². The fourth-order valence-corrected chi connectivity index (χ4v) is 4.57. The van der Waals surface area contributed by atoms with Crippen LogP contribution in [0.2, 0.25) is 20.1 Å². The van der Waals surface area contributed by atoms with Gasteiger partial charge in [-0.1, -0.05) is 64.6 Å². The molecule has 0 unspecified atom stereocenters. The number of halogens is 4. The molecule has 2 heterocycles. The highest BCUT2D eigenvalue weighted by Crippen LogP contribution is 2.39. The Labute approximate surface area is 179 Å². The topological polar surface area (TPSA) is 43.6 Å².